The van der Waals surface area contributed by atoms with E-state index in [4.69, 9.17) is 0 Å². The second kappa shape index (κ2) is 6.10. The number of hydrogen-bond acceptors (Lipinski definition) is 2. The third-order valence-electron chi connectivity index (χ3n) is 3.61. The first-order valence-corrected chi connectivity index (χ1v) is 6.55. The molecule has 1 saturated carbocycles. The third kappa shape index (κ3) is 3.50. The number of halogens is 2. The van der Waals surface area contributed by atoms with E-state index in [1.165, 1.54) is 6.07 Å². The van der Waals surface area contributed by atoms with E-state index >= 15 is 0 Å². The maximum Gasteiger partial charge on any atom is 0.238 e. The van der Waals surface area contributed by atoms with Gasteiger partial charge in [0.1, 0.15) is 17.3 Å². The largest absolute Gasteiger partial charge is 0.320 e. The number of carbonyl (C=O) groups excluding carboxylic acids is 1. The summed E-state index contributed by atoms with van der Waals surface area (Å²) in [6, 6.07) is 3.81. The molecule has 0 radical (unpaired) electrons. The first-order valence-electron chi connectivity index (χ1n) is 6.55. The minimum absolute atomic E-state index is 0.0722. The Morgan fingerprint density at radius 1 is 1.32 bits per heavy atom. The van der Waals surface area contributed by atoms with Crippen LogP contribution in [0.3, 0.4) is 0 Å². The molecule has 1 aromatic carbocycles. The summed E-state index contributed by atoms with van der Waals surface area (Å²) in [4.78, 5) is 11.7. The van der Waals surface area contributed by atoms with Crippen LogP contribution in [0, 0.1) is 17.6 Å². The van der Waals surface area contributed by atoms with Gasteiger partial charge in [0.05, 0.1) is 6.54 Å². The molecule has 1 amide bonds. The fourth-order valence-corrected chi connectivity index (χ4v) is 2.47. The van der Waals surface area contributed by atoms with E-state index in [9.17, 15) is 13.6 Å². The molecule has 0 heterocycles. The molecule has 2 atom stereocenters. The van der Waals surface area contributed by atoms with Crippen LogP contribution >= 0.6 is 0 Å². The Bertz CT molecular complexity index is 445. The highest BCUT2D eigenvalue weighted by atomic mass is 19.1. The molecule has 0 saturated heterocycles. The molecule has 2 unspecified atom stereocenters. The average molecular weight is 268 g/mol. The highest BCUT2D eigenvalue weighted by Gasteiger charge is 2.23. The first-order chi connectivity index (χ1) is 9.08. The monoisotopic (exact) mass is 268 g/mol. The smallest absolute Gasteiger partial charge is 0.238 e. The minimum Gasteiger partial charge on any atom is -0.320 e. The molecule has 0 aromatic heterocycles. The normalized spacial score (nSPS) is 22.5. The second-order valence-corrected chi connectivity index (χ2v) is 5.04. The van der Waals surface area contributed by atoms with Crippen LogP contribution in [0.1, 0.15) is 26.2 Å². The molecule has 2 rings (SSSR count). The molecule has 1 fully saturated rings. The Balaban J connectivity index is 1.87. The van der Waals surface area contributed by atoms with Crippen LogP contribution in [0.4, 0.5) is 14.5 Å². The Morgan fingerprint density at radius 3 is 2.58 bits per heavy atom. The number of benzene rings is 1. The van der Waals surface area contributed by atoms with Gasteiger partial charge in [-0.1, -0.05) is 19.4 Å². The molecule has 1 aliphatic rings. The summed E-state index contributed by atoms with van der Waals surface area (Å²) in [5, 5.41) is 5.40. The standard InChI is InChI=1S/C14H18F2N2O/c1-9-4-2-7-12(9)17-8-13(19)18-14-10(15)5-3-6-11(14)16/h3,5-6,9,12,17H,2,4,7-8H2,1H3,(H,18,19). The molecule has 0 bridgehead atoms. The molecule has 3 nitrogen and oxygen atoms in total. The molecule has 1 aromatic rings. The lowest BCUT2D eigenvalue weighted by atomic mass is 10.1. The second-order valence-electron chi connectivity index (χ2n) is 5.04. The summed E-state index contributed by atoms with van der Waals surface area (Å²) in [7, 11) is 0. The van der Waals surface area contributed by atoms with Crippen LogP contribution in [-0.2, 0) is 4.79 Å². The van der Waals surface area contributed by atoms with E-state index in [0.29, 0.717) is 12.0 Å². The highest BCUT2D eigenvalue weighted by molar-refractivity contribution is 5.92. The number of anilines is 1. The summed E-state index contributed by atoms with van der Waals surface area (Å²) in [5.41, 5.74) is -0.381. The first kappa shape index (κ1) is 13.9. The summed E-state index contributed by atoms with van der Waals surface area (Å²) >= 11 is 0. The Labute approximate surface area is 111 Å². The van der Waals surface area contributed by atoms with E-state index in [0.717, 1.165) is 31.4 Å². The fourth-order valence-electron chi connectivity index (χ4n) is 2.47. The van der Waals surface area contributed by atoms with Crippen LogP contribution in [0.5, 0.6) is 0 Å². The molecule has 1 aliphatic carbocycles. The molecular formula is C14H18F2N2O. The molecule has 19 heavy (non-hydrogen) atoms. The number of hydrogen-bond donors (Lipinski definition) is 2. The van der Waals surface area contributed by atoms with Gasteiger partial charge in [-0.2, -0.15) is 0 Å². The maximum atomic E-state index is 13.3. The van der Waals surface area contributed by atoms with Crippen LogP contribution in [0.2, 0.25) is 0 Å². The lowest BCUT2D eigenvalue weighted by Gasteiger charge is -2.17. The zero-order chi connectivity index (χ0) is 13.8. The van der Waals surface area contributed by atoms with Crippen molar-refractivity contribution in [1.29, 1.82) is 0 Å². The van der Waals surface area contributed by atoms with Crippen molar-refractivity contribution in [2.24, 2.45) is 5.92 Å². The Morgan fingerprint density at radius 2 is 2.00 bits per heavy atom. The fraction of sp³-hybridized carbons (Fsp3) is 0.500. The molecule has 2 N–H and O–H groups in total. The molecule has 0 spiro atoms. The van der Waals surface area contributed by atoms with Gasteiger partial charge in [-0.25, -0.2) is 8.78 Å². The molecular weight excluding hydrogens is 250 g/mol. The summed E-state index contributed by atoms with van der Waals surface area (Å²) in [5.74, 6) is -1.41. The predicted molar refractivity (Wildman–Crippen MR) is 69.8 cm³/mol. The summed E-state index contributed by atoms with van der Waals surface area (Å²) < 4.78 is 26.7. The van der Waals surface area contributed by atoms with E-state index in [1.807, 2.05) is 0 Å². The van der Waals surface area contributed by atoms with E-state index < -0.39 is 17.5 Å². The molecule has 0 aliphatic heterocycles. The third-order valence-corrected chi connectivity index (χ3v) is 3.61. The van der Waals surface area contributed by atoms with Crippen LogP contribution in [0.25, 0.3) is 0 Å². The number of amides is 1. The Kier molecular flexibility index (Phi) is 4.47. The van der Waals surface area contributed by atoms with Gasteiger partial charge < -0.3 is 10.6 Å². The topological polar surface area (TPSA) is 41.1 Å². The lowest BCUT2D eigenvalue weighted by molar-refractivity contribution is -0.115. The van der Waals surface area contributed by atoms with Crippen molar-refractivity contribution in [3.63, 3.8) is 0 Å². The van der Waals surface area contributed by atoms with Gasteiger partial charge in [0.2, 0.25) is 5.91 Å². The van der Waals surface area contributed by atoms with E-state index in [1.54, 1.807) is 0 Å². The molecule has 5 heteroatoms. The number of nitrogens with one attached hydrogen (secondary N) is 2. The summed E-state index contributed by atoms with van der Waals surface area (Å²) in [6.07, 6.45) is 3.35. The maximum absolute atomic E-state index is 13.3. The quantitative estimate of drug-likeness (QED) is 0.881. The van der Waals surface area contributed by atoms with Gasteiger partial charge in [-0.15, -0.1) is 0 Å². The summed E-state index contributed by atoms with van der Waals surface area (Å²) in [6.45, 7) is 2.21. The minimum atomic E-state index is -0.761. The average Bonchev–Trinajstić information content (AvgIpc) is 2.77. The van der Waals surface area contributed by atoms with Gasteiger partial charge >= 0.3 is 0 Å². The number of carbonyl (C=O) groups is 1. The van der Waals surface area contributed by atoms with Crippen molar-refractivity contribution in [1.82, 2.24) is 5.32 Å². The van der Waals surface area contributed by atoms with Crippen LogP contribution in [0.15, 0.2) is 18.2 Å². The Hall–Kier alpha value is -1.49. The predicted octanol–water partition coefficient (Wildman–Crippen LogP) is 2.68. The van der Waals surface area contributed by atoms with Gasteiger partial charge in [0.15, 0.2) is 0 Å². The van der Waals surface area contributed by atoms with Crippen molar-refractivity contribution in [3.05, 3.63) is 29.8 Å². The van der Waals surface area contributed by atoms with Crippen molar-refractivity contribution in [2.75, 3.05) is 11.9 Å². The highest BCUT2D eigenvalue weighted by Crippen LogP contribution is 2.24. The van der Waals surface area contributed by atoms with Crippen LogP contribution in [-0.4, -0.2) is 18.5 Å². The van der Waals surface area contributed by atoms with Gasteiger partial charge in [0.25, 0.3) is 0 Å². The number of para-hydroxylation sites is 1. The van der Waals surface area contributed by atoms with Crippen molar-refractivity contribution >= 4 is 11.6 Å². The SMILES string of the molecule is CC1CCCC1NCC(=O)Nc1c(F)cccc1F. The van der Waals surface area contributed by atoms with E-state index in [2.05, 4.69) is 17.6 Å². The van der Waals surface area contributed by atoms with Gasteiger partial charge in [-0.05, 0) is 30.9 Å². The van der Waals surface area contributed by atoms with Crippen molar-refractivity contribution in [3.8, 4) is 0 Å². The zero-order valence-electron chi connectivity index (χ0n) is 10.9. The van der Waals surface area contributed by atoms with Gasteiger partial charge in [-0.3, -0.25) is 4.79 Å². The lowest BCUT2D eigenvalue weighted by Crippen LogP contribution is -2.37. The van der Waals surface area contributed by atoms with Crippen LogP contribution < -0.4 is 10.6 Å². The zero-order valence-corrected chi connectivity index (χ0v) is 10.9. The number of rotatable bonds is 4. The van der Waals surface area contributed by atoms with Gasteiger partial charge in [0, 0.05) is 6.04 Å². The van der Waals surface area contributed by atoms with Crippen molar-refractivity contribution < 1.29 is 13.6 Å². The van der Waals surface area contributed by atoms with E-state index in [-0.39, 0.29) is 12.2 Å². The van der Waals surface area contributed by atoms with Crippen molar-refractivity contribution in [2.45, 2.75) is 32.2 Å². The molecule has 104 valence electrons.